The maximum absolute atomic E-state index is 13.0. The molecule has 0 fully saturated rings. The average Bonchev–Trinajstić information content (AvgIpc) is 2.28. The van der Waals surface area contributed by atoms with Gasteiger partial charge in [0.1, 0.15) is 11.6 Å². The Morgan fingerprint density at radius 3 is 2.75 bits per heavy atom. The zero-order valence-electron chi connectivity index (χ0n) is 8.74. The molecule has 1 aromatic heterocycles. The Morgan fingerprint density at radius 2 is 2.06 bits per heavy atom. The van der Waals surface area contributed by atoms with Crippen LogP contribution in [0.25, 0.3) is 11.3 Å². The SMILES string of the molecule is CNc1cc(-c2cccc(F)c2)nc(N)n1. The van der Waals surface area contributed by atoms with E-state index in [1.165, 1.54) is 12.1 Å². The average molecular weight is 218 g/mol. The van der Waals surface area contributed by atoms with E-state index in [9.17, 15) is 4.39 Å². The van der Waals surface area contributed by atoms with Crippen molar-refractivity contribution in [2.45, 2.75) is 0 Å². The monoisotopic (exact) mass is 218 g/mol. The highest BCUT2D eigenvalue weighted by molar-refractivity contribution is 5.63. The minimum atomic E-state index is -0.305. The number of hydrogen-bond donors (Lipinski definition) is 2. The molecule has 1 aromatic carbocycles. The van der Waals surface area contributed by atoms with Crippen molar-refractivity contribution in [2.75, 3.05) is 18.1 Å². The predicted molar refractivity (Wildman–Crippen MR) is 61.4 cm³/mol. The molecule has 0 radical (unpaired) electrons. The van der Waals surface area contributed by atoms with Crippen LogP contribution in [0.2, 0.25) is 0 Å². The maximum atomic E-state index is 13.0. The second-order valence-electron chi connectivity index (χ2n) is 3.26. The van der Waals surface area contributed by atoms with Crippen LogP contribution >= 0.6 is 0 Å². The van der Waals surface area contributed by atoms with Gasteiger partial charge in [0.15, 0.2) is 0 Å². The molecule has 0 amide bonds. The molecule has 0 saturated carbocycles. The minimum Gasteiger partial charge on any atom is -0.373 e. The van der Waals surface area contributed by atoms with Gasteiger partial charge in [-0.25, -0.2) is 9.37 Å². The number of anilines is 2. The van der Waals surface area contributed by atoms with E-state index >= 15 is 0 Å². The van der Waals surface area contributed by atoms with Crippen molar-refractivity contribution in [3.05, 3.63) is 36.1 Å². The lowest BCUT2D eigenvalue weighted by Crippen LogP contribution is -2.01. The number of nitrogens with two attached hydrogens (primary N) is 1. The number of hydrogen-bond acceptors (Lipinski definition) is 4. The van der Waals surface area contributed by atoms with Gasteiger partial charge in [-0.2, -0.15) is 4.98 Å². The van der Waals surface area contributed by atoms with Crippen molar-refractivity contribution in [3.63, 3.8) is 0 Å². The van der Waals surface area contributed by atoms with Gasteiger partial charge in [-0.15, -0.1) is 0 Å². The van der Waals surface area contributed by atoms with Gasteiger partial charge >= 0.3 is 0 Å². The van der Waals surface area contributed by atoms with Gasteiger partial charge in [0, 0.05) is 18.7 Å². The maximum Gasteiger partial charge on any atom is 0.222 e. The summed E-state index contributed by atoms with van der Waals surface area (Å²) in [6.07, 6.45) is 0. The number of halogens is 1. The van der Waals surface area contributed by atoms with Crippen LogP contribution in [0.1, 0.15) is 0 Å². The van der Waals surface area contributed by atoms with Gasteiger partial charge in [-0.1, -0.05) is 12.1 Å². The number of nitrogen functional groups attached to an aromatic ring is 1. The Bertz CT molecular complexity index is 513. The molecule has 1 heterocycles. The van der Waals surface area contributed by atoms with Crippen LogP contribution in [0.3, 0.4) is 0 Å². The largest absolute Gasteiger partial charge is 0.373 e. The summed E-state index contributed by atoms with van der Waals surface area (Å²) in [6, 6.07) is 7.89. The molecule has 0 saturated heterocycles. The summed E-state index contributed by atoms with van der Waals surface area (Å²) < 4.78 is 13.0. The van der Waals surface area contributed by atoms with Crippen molar-refractivity contribution >= 4 is 11.8 Å². The fraction of sp³-hybridized carbons (Fsp3) is 0.0909. The Labute approximate surface area is 92.3 Å². The first kappa shape index (κ1) is 10.4. The lowest BCUT2D eigenvalue weighted by molar-refractivity contribution is 0.628. The molecular formula is C11H11FN4. The first-order chi connectivity index (χ1) is 7.69. The van der Waals surface area contributed by atoms with Gasteiger partial charge in [0.2, 0.25) is 5.95 Å². The van der Waals surface area contributed by atoms with Crippen LogP contribution < -0.4 is 11.1 Å². The molecule has 0 aliphatic rings. The molecule has 5 heteroatoms. The van der Waals surface area contributed by atoms with Crippen molar-refractivity contribution in [3.8, 4) is 11.3 Å². The lowest BCUT2D eigenvalue weighted by atomic mass is 10.1. The van der Waals surface area contributed by atoms with Gasteiger partial charge in [-0.05, 0) is 12.1 Å². The first-order valence-corrected chi connectivity index (χ1v) is 4.77. The zero-order chi connectivity index (χ0) is 11.5. The van der Waals surface area contributed by atoms with E-state index in [2.05, 4.69) is 15.3 Å². The van der Waals surface area contributed by atoms with Crippen molar-refractivity contribution in [1.82, 2.24) is 9.97 Å². The molecule has 0 atom stereocenters. The molecule has 4 nitrogen and oxygen atoms in total. The topological polar surface area (TPSA) is 63.8 Å². The molecule has 16 heavy (non-hydrogen) atoms. The Balaban J connectivity index is 2.51. The summed E-state index contributed by atoms with van der Waals surface area (Å²) in [5, 5.41) is 2.87. The van der Waals surface area contributed by atoms with E-state index in [0.29, 0.717) is 17.1 Å². The molecule has 2 aromatic rings. The van der Waals surface area contributed by atoms with E-state index in [0.717, 1.165) is 0 Å². The number of nitrogens with zero attached hydrogens (tertiary/aromatic N) is 2. The van der Waals surface area contributed by atoms with E-state index in [1.807, 2.05) is 0 Å². The molecule has 0 spiro atoms. The summed E-state index contributed by atoms with van der Waals surface area (Å²) in [5.74, 6) is 0.457. The minimum absolute atomic E-state index is 0.158. The van der Waals surface area contributed by atoms with Gasteiger partial charge in [0.25, 0.3) is 0 Å². The van der Waals surface area contributed by atoms with Gasteiger partial charge in [-0.3, -0.25) is 0 Å². The quantitative estimate of drug-likeness (QED) is 0.808. The fourth-order valence-corrected chi connectivity index (χ4v) is 1.39. The number of benzene rings is 1. The third kappa shape index (κ3) is 2.08. The third-order valence-corrected chi connectivity index (χ3v) is 2.12. The van der Waals surface area contributed by atoms with E-state index in [1.54, 1.807) is 25.2 Å². The number of nitrogens with one attached hydrogen (secondary N) is 1. The van der Waals surface area contributed by atoms with Gasteiger partial charge in [0.05, 0.1) is 5.69 Å². The Morgan fingerprint density at radius 1 is 1.25 bits per heavy atom. The fourth-order valence-electron chi connectivity index (χ4n) is 1.39. The van der Waals surface area contributed by atoms with E-state index < -0.39 is 0 Å². The summed E-state index contributed by atoms with van der Waals surface area (Å²) in [7, 11) is 1.73. The lowest BCUT2D eigenvalue weighted by Gasteiger charge is -2.05. The highest BCUT2D eigenvalue weighted by Crippen LogP contribution is 2.20. The number of rotatable bonds is 2. The summed E-state index contributed by atoms with van der Waals surface area (Å²) >= 11 is 0. The first-order valence-electron chi connectivity index (χ1n) is 4.77. The molecule has 0 aliphatic carbocycles. The smallest absolute Gasteiger partial charge is 0.222 e. The van der Waals surface area contributed by atoms with Crippen molar-refractivity contribution < 1.29 is 4.39 Å². The molecule has 82 valence electrons. The second-order valence-corrected chi connectivity index (χ2v) is 3.26. The standard InChI is InChI=1S/C11H11FN4/c1-14-10-6-9(15-11(13)16-10)7-3-2-4-8(12)5-7/h2-6H,1H3,(H3,13,14,15,16). The van der Waals surface area contributed by atoms with E-state index in [-0.39, 0.29) is 11.8 Å². The van der Waals surface area contributed by atoms with Gasteiger partial charge < -0.3 is 11.1 Å². The normalized spacial score (nSPS) is 10.1. The van der Waals surface area contributed by atoms with Crippen LogP contribution in [-0.4, -0.2) is 17.0 Å². The van der Waals surface area contributed by atoms with E-state index in [4.69, 9.17) is 5.73 Å². The zero-order valence-corrected chi connectivity index (χ0v) is 8.74. The van der Waals surface area contributed by atoms with Crippen LogP contribution in [0.5, 0.6) is 0 Å². The summed E-state index contributed by atoms with van der Waals surface area (Å²) in [5.41, 5.74) is 6.82. The van der Waals surface area contributed by atoms with Crippen LogP contribution in [0.15, 0.2) is 30.3 Å². The van der Waals surface area contributed by atoms with Crippen LogP contribution in [-0.2, 0) is 0 Å². The second kappa shape index (κ2) is 4.14. The molecule has 3 N–H and O–H groups in total. The van der Waals surface area contributed by atoms with Crippen LogP contribution in [0.4, 0.5) is 16.2 Å². The van der Waals surface area contributed by atoms with Crippen molar-refractivity contribution in [1.29, 1.82) is 0 Å². The Kier molecular flexibility index (Phi) is 2.68. The molecule has 2 rings (SSSR count). The molecule has 0 unspecified atom stereocenters. The molecule has 0 bridgehead atoms. The highest BCUT2D eigenvalue weighted by Gasteiger charge is 2.04. The molecule has 0 aliphatic heterocycles. The third-order valence-electron chi connectivity index (χ3n) is 2.12. The summed E-state index contributed by atoms with van der Waals surface area (Å²) in [4.78, 5) is 8.02. The highest BCUT2D eigenvalue weighted by atomic mass is 19.1. The predicted octanol–water partition coefficient (Wildman–Crippen LogP) is 1.91. The van der Waals surface area contributed by atoms with Crippen LogP contribution in [0, 0.1) is 5.82 Å². The summed E-state index contributed by atoms with van der Waals surface area (Å²) in [6.45, 7) is 0. The Hall–Kier alpha value is -2.17. The molecular weight excluding hydrogens is 207 g/mol. The number of aromatic nitrogens is 2. The van der Waals surface area contributed by atoms with Crippen molar-refractivity contribution in [2.24, 2.45) is 0 Å².